The average Bonchev–Trinajstić information content (AvgIpc) is 2.25. The molecule has 17 heavy (non-hydrogen) atoms. The summed E-state index contributed by atoms with van der Waals surface area (Å²) >= 11 is 2.05. The number of hydrogen-bond donors (Lipinski definition) is 2. The van der Waals surface area contributed by atoms with Crippen molar-refractivity contribution in [3.05, 3.63) is 27.6 Å². The highest BCUT2D eigenvalue weighted by atomic mass is 127. The molecular formula is C12H17FINO2. The van der Waals surface area contributed by atoms with E-state index in [0.717, 1.165) is 9.26 Å². The number of aliphatic hydroxyl groups excluding tert-OH is 1. The Bertz CT molecular complexity index is 360. The highest BCUT2D eigenvalue weighted by Crippen LogP contribution is 2.18. The number of anilines is 1. The van der Waals surface area contributed by atoms with E-state index in [0.29, 0.717) is 13.2 Å². The minimum Gasteiger partial charge on any atom is -0.389 e. The van der Waals surface area contributed by atoms with Crippen LogP contribution in [0.3, 0.4) is 0 Å². The molecule has 0 aromatic heterocycles. The summed E-state index contributed by atoms with van der Waals surface area (Å²) in [6.45, 7) is 4.52. The molecule has 0 saturated carbocycles. The van der Waals surface area contributed by atoms with Crippen LogP contribution in [0.2, 0.25) is 0 Å². The lowest BCUT2D eigenvalue weighted by molar-refractivity contribution is 0.0112. The van der Waals surface area contributed by atoms with Crippen LogP contribution in [0, 0.1) is 9.39 Å². The number of halogens is 2. The lowest BCUT2D eigenvalue weighted by Gasteiger charge is -2.15. The van der Waals surface area contributed by atoms with E-state index in [1.54, 1.807) is 6.07 Å². The van der Waals surface area contributed by atoms with Gasteiger partial charge in [-0.25, -0.2) is 4.39 Å². The van der Waals surface area contributed by atoms with Gasteiger partial charge in [-0.05, 0) is 54.6 Å². The first-order valence-electron chi connectivity index (χ1n) is 5.47. The van der Waals surface area contributed by atoms with Crippen molar-refractivity contribution in [1.82, 2.24) is 0 Å². The lowest BCUT2D eigenvalue weighted by atomic mass is 10.3. The summed E-state index contributed by atoms with van der Waals surface area (Å²) in [5.74, 6) is -0.261. The van der Waals surface area contributed by atoms with Crippen LogP contribution in [-0.4, -0.2) is 30.5 Å². The Morgan fingerprint density at radius 2 is 2.18 bits per heavy atom. The minimum atomic E-state index is -0.571. The molecule has 0 radical (unpaired) electrons. The molecule has 0 aliphatic heterocycles. The molecule has 0 bridgehead atoms. The molecule has 0 spiro atoms. The Morgan fingerprint density at radius 3 is 2.76 bits per heavy atom. The van der Waals surface area contributed by atoms with Crippen molar-refractivity contribution >= 4 is 28.3 Å². The van der Waals surface area contributed by atoms with Crippen LogP contribution in [0.15, 0.2) is 18.2 Å². The third-order valence-corrected chi connectivity index (χ3v) is 2.97. The SMILES string of the molecule is CC(C)OCC(O)CNc1ccc(F)cc1I. The van der Waals surface area contributed by atoms with Gasteiger partial charge in [-0.15, -0.1) is 0 Å². The number of nitrogens with one attached hydrogen (secondary N) is 1. The number of rotatable bonds is 6. The van der Waals surface area contributed by atoms with Crippen molar-refractivity contribution in [3.8, 4) is 0 Å². The summed E-state index contributed by atoms with van der Waals surface area (Å²) in [7, 11) is 0. The maximum atomic E-state index is 12.9. The lowest BCUT2D eigenvalue weighted by Crippen LogP contribution is -2.26. The van der Waals surface area contributed by atoms with Crippen LogP contribution >= 0.6 is 22.6 Å². The smallest absolute Gasteiger partial charge is 0.124 e. The quantitative estimate of drug-likeness (QED) is 0.773. The average molecular weight is 353 g/mol. The van der Waals surface area contributed by atoms with Crippen molar-refractivity contribution in [1.29, 1.82) is 0 Å². The molecule has 3 nitrogen and oxygen atoms in total. The van der Waals surface area contributed by atoms with Crippen LogP contribution < -0.4 is 5.32 Å². The summed E-state index contributed by atoms with van der Waals surface area (Å²) in [6.07, 6.45) is -0.464. The zero-order chi connectivity index (χ0) is 12.8. The minimum absolute atomic E-state index is 0.107. The van der Waals surface area contributed by atoms with Crippen molar-refractivity contribution in [2.45, 2.75) is 26.1 Å². The number of hydrogen-bond acceptors (Lipinski definition) is 3. The normalized spacial score (nSPS) is 12.8. The second-order valence-corrected chi connectivity index (χ2v) is 5.20. The Balaban J connectivity index is 2.39. The maximum Gasteiger partial charge on any atom is 0.124 e. The predicted octanol–water partition coefficient (Wildman–Crippen LogP) is 2.63. The van der Waals surface area contributed by atoms with Gasteiger partial charge >= 0.3 is 0 Å². The third-order valence-electron chi connectivity index (χ3n) is 2.08. The van der Waals surface area contributed by atoms with Crippen molar-refractivity contribution in [2.24, 2.45) is 0 Å². The standard InChI is InChI=1S/C12H17FINO2/c1-8(2)17-7-10(16)6-15-12-4-3-9(13)5-11(12)14/h3-5,8,10,15-16H,6-7H2,1-2H3. The molecule has 0 fully saturated rings. The fourth-order valence-electron chi connectivity index (χ4n) is 1.22. The first-order valence-corrected chi connectivity index (χ1v) is 6.55. The Hall–Kier alpha value is -0.400. The maximum absolute atomic E-state index is 12.9. The molecule has 2 N–H and O–H groups in total. The molecule has 1 atom stereocenters. The molecule has 0 heterocycles. The highest BCUT2D eigenvalue weighted by molar-refractivity contribution is 14.1. The Morgan fingerprint density at radius 1 is 1.47 bits per heavy atom. The predicted molar refractivity (Wildman–Crippen MR) is 74.7 cm³/mol. The highest BCUT2D eigenvalue weighted by Gasteiger charge is 2.07. The largest absolute Gasteiger partial charge is 0.389 e. The van der Waals surface area contributed by atoms with Gasteiger partial charge in [0, 0.05) is 15.8 Å². The molecule has 96 valence electrons. The van der Waals surface area contributed by atoms with E-state index in [9.17, 15) is 9.50 Å². The van der Waals surface area contributed by atoms with Crippen LogP contribution in [-0.2, 0) is 4.74 Å². The van der Waals surface area contributed by atoms with Gasteiger partial charge in [-0.3, -0.25) is 0 Å². The van der Waals surface area contributed by atoms with E-state index in [1.165, 1.54) is 12.1 Å². The van der Waals surface area contributed by atoms with Crippen molar-refractivity contribution in [2.75, 3.05) is 18.5 Å². The fourth-order valence-corrected chi connectivity index (χ4v) is 1.89. The molecule has 1 aromatic carbocycles. The first kappa shape index (κ1) is 14.7. The number of aliphatic hydroxyl groups is 1. The van der Waals surface area contributed by atoms with E-state index >= 15 is 0 Å². The zero-order valence-corrected chi connectivity index (χ0v) is 12.1. The van der Waals surface area contributed by atoms with Gasteiger partial charge in [-0.2, -0.15) is 0 Å². The molecule has 5 heteroatoms. The van der Waals surface area contributed by atoms with Gasteiger partial charge in [0.2, 0.25) is 0 Å². The summed E-state index contributed by atoms with van der Waals surface area (Å²) < 4.78 is 18.9. The number of benzene rings is 1. The van der Waals surface area contributed by atoms with Crippen LogP contribution in [0.4, 0.5) is 10.1 Å². The third kappa shape index (κ3) is 5.65. The van der Waals surface area contributed by atoms with Crippen LogP contribution in [0.1, 0.15) is 13.8 Å². The molecular weight excluding hydrogens is 336 g/mol. The first-order chi connectivity index (χ1) is 7.99. The Labute approximate surface area is 115 Å². The van der Waals surface area contributed by atoms with Gasteiger partial charge in [0.25, 0.3) is 0 Å². The topological polar surface area (TPSA) is 41.5 Å². The van der Waals surface area contributed by atoms with E-state index in [4.69, 9.17) is 4.74 Å². The summed E-state index contributed by atoms with van der Waals surface area (Å²) in [5.41, 5.74) is 0.815. The summed E-state index contributed by atoms with van der Waals surface area (Å²) in [5, 5.41) is 12.7. The molecule has 0 amide bonds. The fraction of sp³-hybridized carbons (Fsp3) is 0.500. The molecule has 1 aromatic rings. The zero-order valence-electron chi connectivity index (χ0n) is 9.91. The van der Waals surface area contributed by atoms with Gasteiger partial charge < -0.3 is 15.2 Å². The monoisotopic (exact) mass is 353 g/mol. The van der Waals surface area contributed by atoms with Crippen molar-refractivity contribution in [3.63, 3.8) is 0 Å². The van der Waals surface area contributed by atoms with E-state index < -0.39 is 6.10 Å². The Kier molecular flexibility index (Phi) is 6.15. The van der Waals surface area contributed by atoms with Crippen LogP contribution in [0.5, 0.6) is 0 Å². The van der Waals surface area contributed by atoms with E-state index in [2.05, 4.69) is 5.32 Å². The van der Waals surface area contributed by atoms with Crippen molar-refractivity contribution < 1.29 is 14.2 Å². The summed E-state index contributed by atoms with van der Waals surface area (Å²) in [6, 6.07) is 4.49. The van der Waals surface area contributed by atoms with Gasteiger partial charge in [0.1, 0.15) is 5.82 Å². The number of ether oxygens (including phenoxy) is 1. The molecule has 0 aliphatic rings. The molecule has 1 unspecified atom stereocenters. The molecule has 1 rings (SSSR count). The van der Waals surface area contributed by atoms with E-state index in [1.807, 2.05) is 36.4 Å². The second kappa shape index (κ2) is 7.13. The van der Waals surface area contributed by atoms with Gasteiger partial charge in [-0.1, -0.05) is 0 Å². The molecule has 0 saturated heterocycles. The summed E-state index contributed by atoms with van der Waals surface area (Å²) in [4.78, 5) is 0. The second-order valence-electron chi connectivity index (χ2n) is 4.04. The van der Waals surface area contributed by atoms with Crippen LogP contribution in [0.25, 0.3) is 0 Å². The van der Waals surface area contributed by atoms with Gasteiger partial charge in [0.15, 0.2) is 0 Å². The van der Waals surface area contributed by atoms with E-state index in [-0.39, 0.29) is 11.9 Å². The van der Waals surface area contributed by atoms with Gasteiger partial charge in [0.05, 0.1) is 18.8 Å². The molecule has 0 aliphatic carbocycles.